The third-order valence-corrected chi connectivity index (χ3v) is 5.57. The Morgan fingerprint density at radius 3 is 2.23 bits per heavy atom. The third kappa shape index (κ3) is 4.00. The maximum absolute atomic E-state index is 13.2. The standard InChI is InChI=1S/C24H21N3O3S/c1-15-13-17(16(2)26(15)3)14-21-22(28)25-24(31)27(23(21)29)18-9-11-20(12-10-18)30-19-7-5-4-6-8-19/h4-14H,1-3H3,(H,25,28,31)/b21-14-. The maximum Gasteiger partial charge on any atom is 0.270 e. The number of anilines is 1. The largest absolute Gasteiger partial charge is 0.457 e. The molecule has 1 aliphatic rings. The summed E-state index contributed by atoms with van der Waals surface area (Å²) in [5.41, 5.74) is 3.40. The minimum atomic E-state index is -0.504. The first-order valence-electron chi connectivity index (χ1n) is 9.72. The molecule has 4 rings (SSSR count). The van der Waals surface area contributed by atoms with E-state index in [-0.39, 0.29) is 10.7 Å². The van der Waals surface area contributed by atoms with E-state index >= 15 is 0 Å². The molecular weight excluding hydrogens is 410 g/mol. The summed E-state index contributed by atoms with van der Waals surface area (Å²) < 4.78 is 7.80. The molecule has 156 valence electrons. The molecule has 0 unspecified atom stereocenters. The molecule has 1 fully saturated rings. The summed E-state index contributed by atoms with van der Waals surface area (Å²) >= 11 is 5.28. The van der Waals surface area contributed by atoms with Gasteiger partial charge in [-0.05, 0) is 80.2 Å². The Morgan fingerprint density at radius 2 is 1.61 bits per heavy atom. The zero-order valence-corrected chi connectivity index (χ0v) is 18.2. The predicted octanol–water partition coefficient (Wildman–Crippen LogP) is 4.27. The van der Waals surface area contributed by atoms with Crippen LogP contribution in [0.3, 0.4) is 0 Å². The molecule has 2 aromatic carbocycles. The van der Waals surface area contributed by atoms with Crippen molar-refractivity contribution < 1.29 is 14.3 Å². The van der Waals surface area contributed by atoms with Crippen molar-refractivity contribution in [3.63, 3.8) is 0 Å². The zero-order valence-electron chi connectivity index (χ0n) is 17.4. The number of ether oxygens (including phenoxy) is 1. The van der Waals surface area contributed by atoms with Gasteiger partial charge in [0.15, 0.2) is 5.11 Å². The van der Waals surface area contributed by atoms with Crippen molar-refractivity contribution in [1.82, 2.24) is 9.88 Å². The summed E-state index contributed by atoms with van der Waals surface area (Å²) in [6.45, 7) is 3.91. The number of carbonyl (C=O) groups excluding carboxylic acids is 2. The molecule has 0 saturated carbocycles. The van der Waals surface area contributed by atoms with Crippen LogP contribution in [-0.2, 0) is 16.6 Å². The fourth-order valence-corrected chi connectivity index (χ4v) is 3.65. The van der Waals surface area contributed by atoms with Crippen molar-refractivity contribution in [3.05, 3.63) is 83.2 Å². The van der Waals surface area contributed by atoms with Gasteiger partial charge in [0.05, 0.1) is 5.69 Å². The molecule has 3 aromatic rings. The highest BCUT2D eigenvalue weighted by Crippen LogP contribution is 2.27. The summed E-state index contributed by atoms with van der Waals surface area (Å²) in [7, 11) is 1.94. The van der Waals surface area contributed by atoms with Gasteiger partial charge in [0.25, 0.3) is 11.8 Å². The Labute approximate surface area is 185 Å². The van der Waals surface area contributed by atoms with Gasteiger partial charge in [0, 0.05) is 18.4 Å². The second-order valence-corrected chi connectivity index (χ2v) is 7.64. The molecule has 0 bridgehead atoms. The van der Waals surface area contributed by atoms with Crippen LogP contribution in [0.5, 0.6) is 11.5 Å². The van der Waals surface area contributed by atoms with Crippen LogP contribution in [0.25, 0.3) is 6.08 Å². The number of aromatic nitrogens is 1. The van der Waals surface area contributed by atoms with E-state index in [2.05, 4.69) is 5.32 Å². The zero-order chi connectivity index (χ0) is 22.1. The van der Waals surface area contributed by atoms with Crippen LogP contribution < -0.4 is 15.0 Å². The molecule has 6 nitrogen and oxygen atoms in total. The maximum atomic E-state index is 13.2. The Bertz CT molecular complexity index is 1210. The van der Waals surface area contributed by atoms with E-state index in [9.17, 15) is 9.59 Å². The van der Waals surface area contributed by atoms with Crippen LogP contribution in [-0.4, -0.2) is 21.5 Å². The first kappa shape index (κ1) is 20.6. The smallest absolute Gasteiger partial charge is 0.270 e. The summed E-state index contributed by atoms with van der Waals surface area (Å²) in [5.74, 6) is 0.369. The summed E-state index contributed by atoms with van der Waals surface area (Å²) in [6.07, 6.45) is 1.61. The van der Waals surface area contributed by atoms with E-state index in [1.807, 2.05) is 61.9 Å². The first-order valence-corrected chi connectivity index (χ1v) is 10.1. The monoisotopic (exact) mass is 431 g/mol. The average Bonchev–Trinajstić information content (AvgIpc) is 2.99. The van der Waals surface area contributed by atoms with Gasteiger partial charge in [-0.15, -0.1) is 0 Å². The van der Waals surface area contributed by atoms with E-state index < -0.39 is 11.8 Å². The van der Waals surface area contributed by atoms with Crippen LogP contribution in [0.1, 0.15) is 17.0 Å². The number of amides is 2. The lowest BCUT2D eigenvalue weighted by molar-refractivity contribution is -0.122. The molecule has 2 amide bonds. The predicted molar refractivity (Wildman–Crippen MR) is 124 cm³/mol. The molecule has 1 saturated heterocycles. The highest BCUT2D eigenvalue weighted by Gasteiger charge is 2.34. The van der Waals surface area contributed by atoms with Crippen LogP contribution in [0.15, 0.2) is 66.2 Å². The molecule has 1 aromatic heterocycles. The van der Waals surface area contributed by atoms with Gasteiger partial charge in [-0.2, -0.15) is 0 Å². The molecular formula is C24H21N3O3S. The molecule has 7 heteroatoms. The Hall–Kier alpha value is -3.71. The quantitative estimate of drug-likeness (QED) is 0.381. The number of rotatable bonds is 4. The number of nitrogens with one attached hydrogen (secondary N) is 1. The van der Waals surface area contributed by atoms with Gasteiger partial charge in [0.2, 0.25) is 0 Å². The van der Waals surface area contributed by atoms with E-state index in [1.165, 1.54) is 4.90 Å². The van der Waals surface area contributed by atoms with Crippen molar-refractivity contribution in [2.75, 3.05) is 4.90 Å². The number of thiocarbonyl (C=S) groups is 1. The van der Waals surface area contributed by atoms with Crippen LogP contribution >= 0.6 is 12.2 Å². The van der Waals surface area contributed by atoms with Crippen molar-refractivity contribution in [2.45, 2.75) is 13.8 Å². The average molecular weight is 432 g/mol. The number of hydrogen-bond acceptors (Lipinski definition) is 4. The molecule has 2 heterocycles. The minimum absolute atomic E-state index is 0.0342. The van der Waals surface area contributed by atoms with Crippen LogP contribution in [0, 0.1) is 13.8 Å². The fourth-order valence-electron chi connectivity index (χ4n) is 3.37. The summed E-state index contributed by atoms with van der Waals surface area (Å²) in [6, 6.07) is 18.3. The summed E-state index contributed by atoms with van der Waals surface area (Å²) in [4.78, 5) is 27.0. The van der Waals surface area contributed by atoms with E-state index in [1.54, 1.807) is 30.3 Å². The number of carbonyl (C=O) groups is 2. The number of benzene rings is 2. The van der Waals surface area contributed by atoms with Crippen molar-refractivity contribution >= 4 is 40.9 Å². The van der Waals surface area contributed by atoms with Gasteiger partial charge < -0.3 is 9.30 Å². The SMILES string of the molecule is Cc1cc(/C=C2/C(=O)NC(=S)N(c3ccc(Oc4ccccc4)cc3)C2=O)c(C)n1C. The first-order chi connectivity index (χ1) is 14.8. The number of aryl methyl sites for hydroxylation is 1. The third-order valence-electron chi connectivity index (χ3n) is 5.29. The Morgan fingerprint density at radius 1 is 0.968 bits per heavy atom. The Balaban J connectivity index is 1.62. The van der Waals surface area contributed by atoms with E-state index in [4.69, 9.17) is 17.0 Å². The van der Waals surface area contributed by atoms with Crippen LogP contribution in [0.4, 0.5) is 5.69 Å². The van der Waals surface area contributed by atoms with Gasteiger partial charge >= 0.3 is 0 Å². The number of para-hydroxylation sites is 1. The molecule has 0 radical (unpaired) electrons. The van der Waals surface area contributed by atoms with Gasteiger partial charge in [-0.25, -0.2) is 0 Å². The number of nitrogens with zero attached hydrogens (tertiary/aromatic N) is 2. The highest BCUT2D eigenvalue weighted by molar-refractivity contribution is 7.80. The highest BCUT2D eigenvalue weighted by atomic mass is 32.1. The molecule has 0 atom stereocenters. The van der Waals surface area contributed by atoms with Gasteiger partial charge in [-0.1, -0.05) is 18.2 Å². The lowest BCUT2D eigenvalue weighted by Crippen LogP contribution is -2.54. The van der Waals surface area contributed by atoms with Gasteiger partial charge in [0.1, 0.15) is 17.1 Å². The van der Waals surface area contributed by atoms with E-state index in [0.29, 0.717) is 17.2 Å². The van der Waals surface area contributed by atoms with Crippen molar-refractivity contribution in [3.8, 4) is 11.5 Å². The van der Waals surface area contributed by atoms with Crippen LogP contribution in [0.2, 0.25) is 0 Å². The second-order valence-electron chi connectivity index (χ2n) is 7.25. The topological polar surface area (TPSA) is 63.6 Å². The number of hydrogen-bond donors (Lipinski definition) is 1. The molecule has 31 heavy (non-hydrogen) atoms. The second kappa shape index (κ2) is 8.20. The fraction of sp³-hybridized carbons (Fsp3) is 0.125. The van der Waals surface area contributed by atoms with Gasteiger partial charge in [-0.3, -0.25) is 19.8 Å². The molecule has 1 aliphatic heterocycles. The lowest BCUT2D eigenvalue weighted by Gasteiger charge is -2.29. The molecule has 0 aliphatic carbocycles. The normalized spacial score (nSPS) is 15.4. The Kier molecular flexibility index (Phi) is 5.44. The van der Waals surface area contributed by atoms with E-state index in [0.717, 1.165) is 17.0 Å². The van der Waals surface area contributed by atoms with Crippen molar-refractivity contribution in [1.29, 1.82) is 0 Å². The van der Waals surface area contributed by atoms with Crippen molar-refractivity contribution in [2.24, 2.45) is 7.05 Å². The summed E-state index contributed by atoms with van der Waals surface area (Å²) in [5, 5.41) is 2.66. The molecule has 1 N–H and O–H groups in total. The minimum Gasteiger partial charge on any atom is -0.457 e. The lowest BCUT2D eigenvalue weighted by atomic mass is 10.1. The molecule has 0 spiro atoms.